The molecule has 0 atom stereocenters. The van der Waals surface area contributed by atoms with Crippen molar-refractivity contribution >= 4 is 11.6 Å². The van der Waals surface area contributed by atoms with E-state index in [4.69, 9.17) is 5.73 Å². The molecule has 2 aromatic heterocycles. The van der Waals surface area contributed by atoms with Gasteiger partial charge in [0, 0.05) is 12.0 Å². The Morgan fingerprint density at radius 2 is 2.20 bits per heavy atom. The van der Waals surface area contributed by atoms with Crippen molar-refractivity contribution in [3.63, 3.8) is 0 Å². The Hall–Kier alpha value is -1.98. The van der Waals surface area contributed by atoms with Gasteiger partial charge >= 0.3 is 0 Å². The van der Waals surface area contributed by atoms with E-state index in [9.17, 15) is 4.79 Å². The fraction of sp³-hybridized carbons (Fsp3) is 0.333. The maximum Gasteiger partial charge on any atom is 0.286 e. The number of amides is 1. The predicted octanol–water partition coefficient (Wildman–Crippen LogP) is 0.347. The van der Waals surface area contributed by atoms with Gasteiger partial charge in [-0.25, -0.2) is 14.5 Å². The third-order valence-corrected chi connectivity index (χ3v) is 2.02. The summed E-state index contributed by atoms with van der Waals surface area (Å²) >= 11 is 0. The highest BCUT2D eigenvalue weighted by Gasteiger charge is 2.13. The molecule has 0 unspecified atom stereocenters. The molecule has 2 N–H and O–H groups in total. The number of aromatic nitrogens is 4. The molecule has 0 bridgehead atoms. The van der Waals surface area contributed by atoms with Gasteiger partial charge in [0.05, 0.1) is 6.20 Å². The highest BCUT2D eigenvalue weighted by atomic mass is 16.1. The topological polar surface area (TPSA) is 86.2 Å². The molecule has 2 aromatic rings. The zero-order valence-electron chi connectivity index (χ0n) is 8.51. The first kappa shape index (κ1) is 9.57. The number of nitrogens with two attached hydrogens (primary N) is 1. The van der Waals surface area contributed by atoms with E-state index in [2.05, 4.69) is 15.1 Å². The van der Waals surface area contributed by atoms with Crippen LogP contribution in [0.4, 0.5) is 0 Å². The summed E-state index contributed by atoms with van der Waals surface area (Å²) in [5.74, 6) is 0.236. The molecule has 78 valence electrons. The molecule has 0 saturated heterocycles. The lowest BCUT2D eigenvalue weighted by atomic mass is 10.2. The number of carbonyl (C=O) groups excluding carboxylic acids is 1. The van der Waals surface area contributed by atoms with Crippen LogP contribution in [-0.2, 0) is 0 Å². The number of carbonyl (C=O) groups is 1. The van der Waals surface area contributed by atoms with Gasteiger partial charge in [-0.15, -0.1) is 0 Å². The molecule has 0 aliphatic rings. The van der Waals surface area contributed by atoms with Crippen molar-refractivity contribution in [2.75, 3.05) is 0 Å². The maximum atomic E-state index is 11.0. The molecular formula is C9H11N5O. The van der Waals surface area contributed by atoms with Crippen LogP contribution in [0.2, 0.25) is 0 Å². The molecule has 1 amide bonds. The zero-order chi connectivity index (χ0) is 11.0. The minimum Gasteiger partial charge on any atom is -0.363 e. The minimum atomic E-state index is -0.624. The molecule has 0 aliphatic carbocycles. The fourth-order valence-corrected chi connectivity index (χ4v) is 1.33. The Morgan fingerprint density at radius 3 is 2.80 bits per heavy atom. The van der Waals surface area contributed by atoms with Crippen LogP contribution in [0.1, 0.15) is 36.2 Å². The standard InChI is InChI=1S/C9H11N5O/c1-5(2)9-13-8(7(10)15)12-6-3-4-11-14(6)9/h3-5H,1-2H3,(H2,10,15). The Morgan fingerprint density at radius 1 is 1.47 bits per heavy atom. The molecule has 0 fully saturated rings. The van der Waals surface area contributed by atoms with Crippen LogP contribution in [0, 0.1) is 0 Å². The third kappa shape index (κ3) is 1.54. The monoisotopic (exact) mass is 205 g/mol. The van der Waals surface area contributed by atoms with Crippen molar-refractivity contribution in [1.82, 2.24) is 19.6 Å². The van der Waals surface area contributed by atoms with E-state index in [0.29, 0.717) is 11.5 Å². The Balaban J connectivity index is 2.74. The number of primary amides is 1. The average Bonchev–Trinajstić information content (AvgIpc) is 2.62. The van der Waals surface area contributed by atoms with Gasteiger partial charge in [0.1, 0.15) is 5.82 Å². The molecule has 0 spiro atoms. The predicted molar refractivity (Wildman–Crippen MR) is 53.4 cm³/mol. The van der Waals surface area contributed by atoms with Crippen LogP contribution in [0.25, 0.3) is 5.65 Å². The number of nitrogens with zero attached hydrogens (tertiary/aromatic N) is 4. The van der Waals surface area contributed by atoms with Crippen molar-refractivity contribution in [3.05, 3.63) is 23.9 Å². The van der Waals surface area contributed by atoms with Crippen LogP contribution in [0.5, 0.6) is 0 Å². The smallest absolute Gasteiger partial charge is 0.286 e. The summed E-state index contributed by atoms with van der Waals surface area (Å²) in [6, 6.07) is 1.71. The highest BCUT2D eigenvalue weighted by molar-refractivity contribution is 5.89. The number of rotatable bonds is 2. The first-order valence-electron chi connectivity index (χ1n) is 4.61. The molecular weight excluding hydrogens is 194 g/mol. The van der Waals surface area contributed by atoms with Gasteiger partial charge in [0.2, 0.25) is 5.82 Å². The van der Waals surface area contributed by atoms with Gasteiger partial charge in [-0.3, -0.25) is 4.79 Å². The summed E-state index contributed by atoms with van der Waals surface area (Å²) in [5.41, 5.74) is 5.73. The number of fused-ring (bicyclic) bond motifs is 1. The lowest BCUT2D eigenvalue weighted by Gasteiger charge is -2.07. The second-order valence-corrected chi connectivity index (χ2v) is 3.53. The molecule has 6 heteroatoms. The normalized spacial score (nSPS) is 11.1. The van der Waals surface area contributed by atoms with Crippen molar-refractivity contribution in [2.45, 2.75) is 19.8 Å². The summed E-state index contributed by atoms with van der Waals surface area (Å²) in [5, 5.41) is 4.08. The Kier molecular flexibility index (Phi) is 2.11. The molecule has 0 aromatic carbocycles. The molecule has 15 heavy (non-hydrogen) atoms. The van der Waals surface area contributed by atoms with Gasteiger partial charge in [0.15, 0.2) is 5.65 Å². The SMILES string of the molecule is CC(C)c1nc(C(N)=O)nc2ccnn12. The lowest BCUT2D eigenvalue weighted by Crippen LogP contribution is -2.19. The van der Waals surface area contributed by atoms with Crippen LogP contribution >= 0.6 is 0 Å². The average molecular weight is 205 g/mol. The van der Waals surface area contributed by atoms with Gasteiger partial charge in [0.25, 0.3) is 5.91 Å². The van der Waals surface area contributed by atoms with Crippen molar-refractivity contribution < 1.29 is 4.79 Å². The molecule has 2 rings (SSSR count). The van der Waals surface area contributed by atoms with E-state index in [1.54, 1.807) is 16.8 Å². The summed E-state index contributed by atoms with van der Waals surface area (Å²) in [6.45, 7) is 3.93. The van der Waals surface area contributed by atoms with E-state index >= 15 is 0 Å². The second-order valence-electron chi connectivity index (χ2n) is 3.53. The van der Waals surface area contributed by atoms with Crippen molar-refractivity contribution in [2.24, 2.45) is 5.73 Å². The quantitative estimate of drug-likeness (QED) is 0.766. The first-order valence-corrected chi connectivity index (χ1v) is 4.61. The molecule has 0 aliphatic heterocycles. The van der Waals surface area contributed by atoms with E-state index in [1.165, 1.54) is 0 Å². The summed E-state index contributed by atoms with van der Waals surface area (Å²) in [6.07, 6.45) is 1.61. The summed E-state index contributed by atoms with van der Waals surface area (Å²) in [4.78, 5) is 19.1. The molecule has 2 heterocycles. The van der Waals surface area contributed by atoms with Gasteiger partial charge in [-0.1, -0.05) is 13.8 Å². The van der Waals surface area contributed by atoms with E-state index in [-0.39, 0.29) is 11.7 Å². The van der Waals surface area contributed by atoms with Crippen LogP contribution in [-0.4, -0.2) is 25.5 Å². The van der Waals surface area contributed by atoms with E-state index in [0.717, 1.165) is 0 Å². The summed E-state index contributed by atoms with van der Waals surface area (Å²) < 4.78 is 1.61. The second kappa shape index (κ2) is 3.30. The van der Waals surface area contributed by atoms with Crippen LogP contribution in [0.15, 0.2) is 12.3 Å². The van der Waals surface area contributed by atoms with Crippen LogP contribution in [0.3, 0.4) is 0 Å². The van der Waals surface area contributed by atoms with Crippen molar-refractivity contribution in [3.8, 4) is 0 Å². The Bertz CT molecular complexity index is 516. The minimum absolute atomic E-state index is 0.0340. The molecule has 0 radical (unpaired) electrons. The largest absolute Gasteiger partial charge is 0.363 e. The van der Waals surface area contributed by atoms with E-state index < -0.39 is 5.91 Å². The maximum absolute atomic E-state index is 11.0. The lowest BCUT2D eigenvalue weighted by molar-refractivity contribution is 0.0990. The van der Waals surface area contributed by atoms with Gasteiger partial charge in [-0.05, 0) is 0 Å². The molecule has 0 saturated carbocycles. The highest BCUT2D eigenvalue weighted by Crippen LogP contribution is 2.12. The van der Waals surface area contributed by atoms with Gasteiger partial charge < -0.3 is 5.73 Å². The first-order chi connectivity index (χ1) is 7.09. The van der Waals surface area contributed by atoms with Crippen molar-refractivity contribution in [1.29, 1.82) is 0 Å². The van der Waals surface area contributed by atoms with Crippen LogP contribution < -0.4 is 5.73 Å². The number of hydrogen-bond donors (Lipinski definition) is 1. The van der Waals surface area contributed by atoms with Gasteiger partial charge in [-0.2, -0.15) is 5.10 Å². The summed E-state index contributed by atoms with van der Waals surface area (Å²) in [7, 11) is 0. The third-order valence-electron chi connectivity index (χ3n) is 2.02. The van der Waals surface area contributed by atoms with E-state index in [1.807, 2.05) is 13.8 Å². The zero-order valence-corrected chi connectivity index (χ0v) is 8.51. The molecule has 6 nitrogen and oxygen atoms in total. The number of hydrogen-bond acceptors (Lipinski definition) is 4. The Labute approximate surface area is 86.1 Å². The fourth-order valence-electron chi connectivity index (χ4n) is 1.33.